The van der Waals surface area contributed by atoms with E-state index in [9.17, 15) is 4.79 Å². The van der Waals surface area contributed by atoms with Crippen LogP contribution in [0.4, 0.5) is 0 Å². The summed E-state index contributed by atoms with van der Waals surface area (Å²) in [5.41, 5.74) is 5.84. The lowest BCUT2D eigenvalue weighted by molar-refractivity contribution is -0.165. The van der Waals surface area contributed by atoms with Gasteiger partial charge in [0.25, 0.3) is 5.60 Å². The maximum Gasteiger partial charge on any atom is 0.354 e. The first-order valence-corrected chi connectivity index (χ1v) is 5.16. The summed E-state index contributed by atoms with van der Waals surface area (Å²) in [4.78, 5) is 20.8. The SMILES string of the molecule is COC(=O)C1(CN)CC(c2cccnc2)=NO1. The van der Waals surface area contributed by atoms with E-state index in [4.69, 9.17) is 10.6 Å². The molecule has 2 N–H and O–H groups in total. The van der Waals surface area contributed by atoms with Gasteiger partial charge >= 0.3 is 5.97 Å². The lowest BCUT2D eigenvalue weighted by Gasteiger charge is -2.20. The van der Waals surface area contributed by atoms with Crippen LogP contribution >= 0.6 is 0 Å². The molecule has 6 heteroatoms. The molecule has 0 aromatic carbocycles. The van der Waals surface area contributed by atoms with Gasteiger partial charge in [0.1, 0.15) is 0 Å². The van der Waals surface area contributed by atoms with Crippen molar-refractivity contribution in [2.75, 3.05) is 13.7 Å². The molecule has 1 aliphatic rings. The topological polar surface area (TPSA) is 86.8 Å². The van der Waals surface area contributed by atoms with Crippen molar-refractivity contribution in [1.82, 2.24) is 4.98 Å². The quantitative estimate of drug-likeness (QED) is 0.749. The molecule has 0 aliphatic carbocycles. The summed E-state index contributed by atoms with van der Waals surface area (Å²) in [5, 5.41) is 3.90. The van der Waals surface area contributed by atoms with Crippen LogP contribution in [-0.2, 0) is 14.4 Å². The van der Waals surface area contributed by atoms with Crippen LogP contribution in [0.2, 0.25) is 0 Å². The van der Waals surface area contributed by atoms with Crippen LogP contribution in [0.15, 0.2) is 29.7 Å². The first-order valence-electron chi connectivity index (χ1n) is 5.16. The zero-order chi connectivity index (χ0) is 12.3. The smallest absolute Gasteiger partial charge is 0.354 e. The molecule has 0 saturated carbocycles. The summed E-state index contributed by atoms with van der Waals surface area (Å²) in [6.45, 7) is 0.0208. The lowest BCUT2D eigenvalue weighted by atomic mass is 9.95. The fraction of sp³-hybridized carbons (Fsp3) is 0.364. The molecule has 0 bridgehead atoms. The van der Waals surface area contributed by atoms with Gasteiger partial charge < -0.3 is 15.3 Å². The monoisotopic (exact) mass is 235 g/mol. The van der Waals surface area contributed by atoms with Gasteiger partial charge in [0, 0.05) is 30.9 Å². The molecule has 0 amide bonds. The highest BCUT2D eigenvalue weighted by atomic mass is 16.7. The Kier molecular flexibility index (Phi) is 3.06. The van der Waals surface area contributed by atoms with E-state index in [-0.39, 0.29) is 6.54 Å². The number of aromatic nitrogens is 1. The molecular formula is C11H13N3O3. The van der Waals surface area contributed by atoms with Crippen molar-refractivity contribution in [3.05, 3.63) is 30.1 Å². The second kappa shape index (κ2) is 4.50. The van der Waals surface area contributed by atoms with E-state index in [2.05, 4.69) is 14.9 Å². The molecule has 1 unspecified atom stereocenters. The molecule has 90 valence electrons. The number of nitrogens with zero attached hydrogens (tertiary/aromatic N) is 2. The summed E-state index contributed by atoms with van der Waals surface area (Å²) in [6.07, 6.45) is 3.62. The first kappa shape index (κ1) is 11.5. The Bertz CT molecular complexity index is 447. The van der Waals surface area contributed by atoms with Crippen LogP contribution in [0.25, 0.3) is 0 Å². The van der Waals surface area contributed by atoms with Gasteiger partial charge in [0.2, 0.25) is 0 Å². The minimum absolute atomic E-state index is 0.0208. The van der Waals surface area contributed by atoms with Gasteiger partial charge in [-0.3, -0.25) is 4.98 Å². The Labute approximate surface area is 98.4 Å². The average Bonchev–Trinajstić information content (AvgIpc) is 2.84. The minimum atomic E-state index is -1.19. The van der Waals surface area contributed by atoms with E-state index in [1.54, 1.807) is 18.5 Å². The normalized spacial score (nSPS) is 22.8. The van der Waals surface area contributed by atoms with Gasteiger partial charge in [-0.1, -0.05) is 5.16 Å². The van der Waals surface area contributed by atoms with Crippen molar-refractivity contribution in [3.8, 4) is 0 Å². The highest BCUT2D eigenvalue weighted by Gasteiger charge is 2.47. The van der Waals surface area contributed by atoms with Gasteiger partial charge in [0.15, 0.2) is 0 Å². The number of oxime groups is 1. The molecule has 1 atom stereocenters. The molecule has 0 fully saturated rings. The number of carbonyl (C=O) groups is 1. The number of pyridine rings is 1. The molecule has 0 saturated heterocycles. The van der Waals surface area contributed by atoms with E-state index < -0.39 is 11.6 Å². The maximum atomic E-state index is 11.6. The number of hydrogen-bond donors (Lipinski definition) is 1. The van der Waals surface area contributed by atoms with Crippen LogP contribution in [0.5, 0.6) is 0 Å². The molecule has 6 nitrogen and oxygen atoms in total. The summed E-state index contributed by atoms with van der Waals surface area (Å²) in [5.74, 6) is -0.511. The lowest BCUT2D eigenvalue weighted by Crippen LogP contribution is -2.46. The molecule has 0 spiro atoms. The molecule has 0 radical (unpaired) electrons. The van der Waals surface area contributed by atoms with Gasteiger partial charge in [-0.05, 0) is 12.1 Å². The zero-order valence-corrected chi connectivity index (χ0v) is 9.42. The Morgan fingerprint density at radius 3 is 3.12 bits per heavy atom. The summed E-state index contributed by atoms with van der Waals surface area (Å²) in [7, 11) is 1.30. The van der Waals surface area contributed by atoms with E-state index >= 15 is 0 Å². The van der Waals surface area contributed by atoms with Crippen molar-refractivity contribution < 1.29 is 14.4 Å². The average molecular weight is 235 g/mol. The predicted octanol–water partition coefficient (Wildman–Crippen LogP) is 0.0765. The van der Waals surface area contributed by atoms with E-state index in [0.717, 1.165) is 5.56 Å². The fourth-order valence-electron chi connectivity index (χ4n) is 1.65. The molecule has 2 heterocycles. The predicted molar refractivity (Wildman–Crippen MR) is 60.3 cm³/mol. The molecule has 1 aromatic rings. The second-order valence-corrected chi connectivity index (χ2v) is 3.74. The molecule has 17 heavy (non-hydrogen) atoms. The van der Waals surface area contributed by atoms with Crippen molar-refractivity contribution >= 4 is 11.7 Å². The van der Waals surface area contributed by atoms with Crippen molar-refractivity contribution in [3.63, 3.8) is 0 Å². The number of esters is 1. The Balaban J connectivity index is 2.20. The Hall–Kier alpha value is -1.95. The minimum Gasteiger partial charge on any atom is -0.466 e. The van der Waals surface area contributed by atoms with Crippen molar-refractivity contribution in [1.29, 1.82) is 0 Å². The van der Waals surface area contributed by atoms with E-state index in [1.807, 2.05) is 6.07 Å². The van der Waals surface area contributed by atoms with E-state index in [1.165, 1.54) is 7.11 Å². The second-order valence-electron chi connectivity index (χ2n) is 3.74. The Morgan fingerprint density at radius 1 is 1.71 bits per heavy atom. The number of hydrogen-bond acceptors (Lipinski definition) is 6. The standard InChI is InChI=1S/C11H13N3O3/c1-16-10(15)11(7-12)5-9(14-17-11)8-3-2-4-13-6-8/h2-4,6H,5,7,12H2,1H3. The summed E-state index contributed by atoms with van der Waals surface area (Å²) < 4.78 is 4.68. The van der Waals surface area contributed by atoms with Crippen LogP contribution in [0.3, 0.4) is 0 Å². The molecule has 2 rings (SSSR count). The third-order valence-electron chi connectivity index (χ3n) is 2.67. The fourth-order valence-corrected chi connectivity index (χ4v) is 1.65. The molecule has 1 aliphatic heterocycles. The van der Waals surface area contributed by atoms with Crippen molar-refractivity contribution in [2.45, 2.75) is 12.0 Å². The number of methoxy groups -OCH3 is 1. The number of rotatable bonds is 3. The van der Waals surface area contributed by atoms with Gasteiger partial charge in [-0.15, -0.1) is 0 Å². The first-order chi connectivity index (χ1) is 8.22. The van der Waals surface area contributed by atoms with Crippen LogP contribution < -0.4 is 5.73 Å². The Morgan fingerprint density at radius 2 is 2.53 bits per heavy atom. The highest BCUT2D eigenvalue weighted by molar-refractivity contribution is 6.04. The van der Waals surface area contributed by atoms with Gasteiger partial charge in [0.05, 0.1) is 12.8 Å². The third-order valence-corrected chi connectivity index (χ3v) is 2.67. The number of ether oxygens (including phenoxy) is 1. The van der Waals surface area contributed by atoms with Crippen LogP contribution in [0.1, 0.15) is 12.0 Å². The molecular weight excluding hydrogens is 222 g/mol. The summed E-state index contributed by atoms with van der Waals surface area (Å²) >= 11 is 0. The maximum absolute atomic E-state index is 11.6. The summed E-state index contributed by atoms with van der Waals surface area (Å²) in [6, 6.07) is 3.64. The largest absolute Gasteiger partial charge is 0.466 e. The van der Waals surface area contributed by atoms with Crippen LogP contribution in [0, 0.1) is 0 Å². The van der Waals surface area contributed by atoms with Crippen LogP contribution in [-0.4, -0.2) is 35.9 Å². The van der Waals surface area contributed by atoms with E-state index in [0.29, 0.717) is 12.1 Å². The number of carbonyl (C=O) groups excluding carboxylic acids is 1. The molecule has 1 aromatic heterocycles. The van der Waals surface area contributed by atoms with Crippen molar-refractivity contribution in [2.24, 2.45) is 10.9 Å². The number of nitrogens with two attached hydrogens (primary N) is 1. The highest BCUT2D eigenvalue weighted by Crippen LogP contribution is 2.27. The van der Waals surface area contributed by atoms with Gasteiger partial charge in [-0.25, -0.2) is 4.79 Å². The van der Waals surface area contributed by atoms with Gasteiger partial charge in [-0.2, -0.15) is 0 Å². The zero-order valence-electron chi connectivity index (χ0n) is 9.42. The third kappa shape index (κ3) is 1.99.